The molecule has 1 fully saturated rings. The van der Waals surface area contributed by atoms with E-state index in [1.807, 2.05) is 0 Å². The summed E-state index contributed by atoms with van der Waals surface area (Å²) in [5, 5.41) is 2.32. The minimum absolute atomic E-state index is 0.0857. The van der Waals surface area contributed by atoms with Gasteiger partial charge in [-0.3, -0.25) is 14.9 Å². The number of benzene rings is 3. The van der Waals surface area contributed by atoms with Gasteiger partial charge in [-0.25, -0.2) is 14.1 Å². The van der Waals surface area contributed by atoms with Gasteiger partial charge in [0, 0.05) is 5.56 Å². The fourth-order valence-electron chi connectivity index (χ4n) is 3.59. The monoisotopic (exact) mass is 494 g/mol. The second-order valence-electron chi connectivity index (χ2n) is 7.66. The summed E-state index contributed by atoms with van der Waals surface area (Å²) in [7, 11) is 1.40. The fraction of sp³-hybridized carbons (Fsp3) is 0.115. The van der Waals surface area contributed by atoms with E-state index in [0.717, 1.165) is 4.90 Å². The van der Waals surface area contributed by atoms with Crippen molar-refractivity contribution in [3.05, 3.63) is 93.8 Å². The largest absolute Gasteiger partial charge is 0.493 e. The summed E-state index contributed by atoms with van der Waals surface area (Å²) in [5.74, 6) is -1.63. The molecule has 1 saturated heterocycles. The Morgan fingerprint density at radius 3 is 2.49 bits per heavy atom. The van der Waals surface area contributed by atoms with E-state index in [2.05, 4.69) is 5.32 Å². The highest BCUT2D eigenvalue weighted by Crippen LogP contribution is 2.38. The number of urea groups is 1. The van der Waals surface area contributed by atoms with Crippen LogP contribution in [0.1, 0.15) is 16.7 Å². The molecule has 1 aliphatic heterocycles. The molecular weight excluding hydrogens is 475 g/mol. The minimum Gasteiger partial charge on any atom is -0.493 e. The van der Waals surface area contributed by atoms with Crippen LogP contribution in [0, 0.1) is 12.7 Å². The summed E-state index contributed by atoms with van der Waals surface area (Å²) in [5.41, 5.74) is 1.49. The Bertz CT molecular complexity index is 1370. The SMILES string of the molecule is COc1cc(/C=C2\C(=O)NC(=O)N(c3ccccc3C)C2=O)cc(Cl)c1OCc1ccccc1F. The van der Waals surface area contributed by atoms with Crippen molar-refractivity contribution in [1.82, 2.24) is 5.32 Å². The van der Waals surface area contributed by atoms with Gasteiger partial charge in [0.15, 0.2) is 11.5 Å². The number of carbonyl (C=O) groups is 3. The lowest BCUT2D eigenvalue weighted by molar-refractivity contribution is -0.122. The first-order valence-corrected chi connectivity index (χ1v) is 10.9. The zero-order valence-corrected chi connectivity index (χ0v) is 19.6. The first kappa shape index (κ1) is 24.0. The smallest absolute Gasteiger partial charge is 0.335 e. The number of barbiturate groups is 1. The van der Waals surface area contributed by atoms with E-state index in [1.165, 1.54) is 31.4 Å². The van der Waals surface area contributed by atoms with E-state index >= 15 is 0 Å². The zero-order valence-electron chi connectivity index (χ0n) is 18.8. The van der Waals surface area contributed by atoms with Crippen LogP contribution >= 0.6 is 11.6 Å². The third-order valence-electron chi connectivity index (χ3n) is 5.35. The maximum Gasteiger partial charge on any atom is 0.335 e. The molecule has 0 unspecified atom stereocenters. The second kappa shape index (κ2) is 9.99. The summed E-state index contributed by atoms with van der Waals surface area (Å²) >= 11 is 6.40. The molecule has 0 aromatic heterocycles. The highest BCUT2D eigenvalue weighted by atomic mass is 35.5. The van der Waals surface area contributed by atoms with Crippen molar-refractivity contribution in [3.8, 4) is 11.5 Å². The number of para-hydroxylation sites is 1. The fourth-order valence-corrected chi connectivity index (χ4v) is 3.86. The number of anilines is 1. The van der Waals surface area contributed by atoms with Gasteiger partial charge < -0.3 is 9.47 Å². The van der Waals surface area contributed by atoms with Crippen molar-refractivity contribution in [2.45, 2.75) is 13.5 Å². The number of amides is 4. The minimum atomic E-state index is -0.834. The van der Waals surface area contributed by atoms with Crippen molar-refractivity contribution >= 4 is 41.2 Å². The normalized spacial score (nSPS) is 14.8. The Morgan fingerprint density at radius 2 is 1.77 bits per heavy atom. The Balaban J connectivity index is 1.66. The van der Waals surface area contributed by atoms with Crippen LogP contribution in [0.4, 0.5) is 14.9 Å². The van der Waals surface area contributed by atoms with Gasteiger partial charge >= 0.3 is 6.03 Å². The summed E-state index contributed by atoms with van der Waals surface area (Å²) in [6.07, 6.45) is 1.31. The van der Waals surface area contributed by atoms with Gasteiger partial charge in [-0.05, 0) is 48.4 Å². The number of carbonyl (C=O) groups excluding carboxylic acids is 3. The summed E-state index contributed by atoms with van der Waals surface area (Å²) in [4.78, 5) is 39.0. The topological polar surface area (TPSA) is 84.9 Å². The second-order valence-corrected chi connectivity index (χ2v) is 8.07. The molecule has 0 saturated carbocycles. The number of hydrogen-bond acceptors (Lipinski definition) is 5. The lowest BCUT2D eigenvalue weighted by Crippen LogP contribution is -2.54. The summed E-state index contributed by atoms with van der Waals surface area (Å²) in [6.45, 7) is 1.66. The van der Waals surface area contributed by atoms with Gasteiger partial charge in [0.25, 0.3) is 11.8 Å². The molecule has 9 heteroatoms. The zero-order chi connectivity index (χ0) is 25.1. The molecule has 0 radical (unpaired) electrons. The quantitative estimate of drug-likeness (QED) is 0.383. The third-order valence-corrected chi connectivity index (χ3v) is 5.63. The van der Waals surface area contributed by atoms with Crippen LogP contribution in [0.5, 0.6) is 11.5 Å². The van der Waals surface area contributed by atoms with Crippen molar-refractivity contribution in [3.63, 3.8) is 0 Å². The molecule has 4 amide bonds. The molecule has 0 bridgehead atoms. The number of ether oxygens (including phenoxy) is 2. The third kappa shape index (κ3) is 4.88. The van der Waals surface area contributed by atoms with Crippen LogP contribution in [0.15, 0.2) is 66.2 Å². The van der Waals surface area contributed by atoms with E-state index in [4.69, 9.17) is 21.1 Å². The van der Waals surface area contributed by atoms with Crippen LogP contribution in [0.3, 0.4) is 0 Å². The number of rotatable bonds is 6. The van der Waals surface area contributed by atoms with Gasteiger partial charge in [0.05, 0.1) is 17.8 Å². The first-order valence-electron chi connectivity index (χ1n) is 10.5. The molecule has 1 heterocycles. The van der Waals surface area contributed by atoms with Gasteiger partial charge in [0.1, 0.15) is 18.0 Å². The Kier molecular flexibility index (Phi) is 6.84. The number of hydrogen-bond donors (Lipinski definition) is 1. The summed E-state index contributed by atoms with van der Waals surface area (Å²) in [6, 6.07) is 15.2. The lowest BCUT2D eigenvalue weighted by atomic mass is 10.1. The highest BCUT2D eigenvalue weighted by Gasteiger charge is 2.37. The molecule has 35 heavy (non-hydrogen) atoms. The van der Waals surface area contributed by atoms with Crippen molar-refractivity contribution in [1.29, 1.82) is 0 Å². The maximum atomic E-state index is 13.9. The number of halogens is 2. The van der Waals surface area contributed by atoms with Gasteiger partial charge in [-0.1, -0.05) is 48.0 Å². The van der Waals surface area contributed by atoms with Crippen LogP contribution in [0.25, 0.3) is 6.08 Å². The van der Waals surface area contributed by atoms with E-state index in [1.54, 1.807) is 49.4 Å². The lowest BCUT2D eigenvalue weighted by Gasteiger charge is -2.27. The van der Waals surface area contributed by atoms with Crippen molar-refractivity contribution in [2.75, 3.05) is 12.0 Å². The molecule has 0 spiro atoms. The molecule has 0 aliphatic carbocycles. The number of nitrogens with one attached hydrogen (secondary N) is 1. The number of methoxy groups -OCH3 is 1. The Morgan fingerprint density at radius 1 is 1.06 bits per heavy atom. The van der Waals surface area contributed by atoms with Crippen LogP contribution < -0.4 is 19.7 Å². The van der Waals surface area contributed by atoms with Crippen molar-refractivity contribution in [2.24, 2.45) is 0 Å². The van der Waals surface area contributed by atoms with Crippen molar-refractivity contribution < 1.29 is 28.2 Å². The standard InChI is InChI=1S/C26H20ClFN2O5/c1-15-7-3-6-10-21(15)30-25(32)18(24(31)29-26(30)33)11-16-12-19(27)23(22(13-16)34-2)35-14-17-8-4-5-9-20(17)28/h3-13H,14H2,1-2H3,(H,29,31,33)/b18-11+. The first-order chi connectivity index (χ1) is 16.8. The Labute approximate surface area is 205 Å². The van der Waals surface area contributed by atoms with Gasteiger partial charge in [-0.15, -0.1) is 0 Å². The molecule has 7 nitrogen and oxygen atoms in total. The molecule has 4 rings (SSSR count). The van der Waals surface area contributed by atoms with Gasteiger partial charge in [0.2, 0.25) is 0 Å². The summed E-state index contributed by atoms with van der Waals surface area (Å²) < 4.78 is 25.0. The van der Waals surface area contributed by atoms with Gasteiger partial charge in [-0.2, -0.15) is 0 Å². The molecule has 178 valence electrons. The van der Waals surface area contributed by atoms with E-state index in [-0.39, 0.29) is 28.7 Å². The molecular formula is C26H20ClFN2O5. The predicted molar refractivity (Wildman–Crippen MR) is 129 cm³/mol. The highest BCUT2D eigenvalue weighted by molar-refractivity contribution is 6.39. The van der Waals surface area contributed by atoms with Crippen LogP contribution in [0.2, 0.25) is 5.02 Å². The van der Waals surface area contributed by atoms with Crippen LogP contribution in [-0.4, -0.2) is 25.0 Å². The average molecular weight is 495 g/mol. The molecule has 1 N–H and O–H groups in total. The maximum absolute atomic E-state index is 13.9. The van der Waals surface area contributed by atoms with Crippen LogP contribution in [-0.2, 0) is 16.2 Å². The molecule has 3 aromatic carbocycles. The van der Waals surface area contributed by atoms with E-state index < -0.39 is 23.7 Å². The number of nitrogens with zero attached hydrogens (tertiary/aromatic N) is 1. The van der Waals surface area contributed by atoms with E-state index in [9.17, 15) is 18.8 Å². The predicted octanol–water partition coefficient (Wildman–Crippen LogP) is 5.04. The number of imide groups is 2. The molecule has 3 aromatic rings. The molecule has 1 aliphatic rings. The van der Waals surface area contributed by atoms with E-state index in [0.29, 0.717) is 22.4 Å². The average Bonchev–Trinajstić information content (AvgIpc) is 2.83. The molecule has 0 atom stereocenters. The Hall–Kier alpha value is -4.17. The number of aryl methyl sites for hydroxylation is 1.